The van der Waals surface area contributed by atoms with E-state index < -0.39 is 17.7 Å². The largest absolute Gasteiger partial charge is 0.444 e. The molecule has 110 valence electrons. The Morgan fingerprint density at radius 1 is 1.21 bits per heavy atom. The molecule has 0 aromatic carbocycles. The van der Waals surface area contributed by atoms with Crippen LogP contribution < -0.4 is 5.32 Å². The van der Waals surface area contributed by atoms with Crippen LogP contribution >= 0.6 is 0 Å². The first kappa shape index (κ1) is 16.0. The first-order chi connectivity index (χ1) is 8.71. The van der Waals surface area contributed by atoms with Crippen molar-refractivity contribution in [2.24, 2.45) is 17.8 Å². The Morgan fingerprint density at radius 3 is 2.16 bits per heavy atom. The molecule has 1 rings (SSSR count). The number of carbonyl (C=O) groups excluding carboxylic acids is 2. The van der Waals surface area contributed by atoms with Crippen molar-refractivity contribution < 1.29 is 14.3 Å². The topological polar surface area (TPSA) is 55.4 Å². The van der Waals surface area contributed by atoms with Gasteiger partial charge in [-0.15, -0.1) is 0 Å². The quantitative estimate of drug-likeness (QED) is 0.801. The van der Waals surface area contributed by atoms with E-state index in [1.165, 1.54) is 6.42 Å². The van der Waals surface area contributed by atoms with Crippen LogP contribution in [0.1, 0.15) is 53.9 Å². The summed E-state index contributed by atoms with van der Waals surface area (Å²) in [6, 6.07) is -0.431. The second-order valence-electron chi connectivity index (χ2n) is 6.99. The molecule has 1 aliphatic carbocycles. The van der Waals surface area contributed by atoms with Gasteiger partial charge in [-0.05, 0) is 57.8 Å². The predicted octanol–water partition coefficient (Wildman–Crippen LogP) is 3.15. The molecule has 0 bridgehead atoms. The molecule has 0 radical (unpaired) electrons. The maximum Gasteiger partial charge on any atom is 0.408 e. The van der Waals surface area contributed by atoms with Gasteiger partial charge >= 0.3 is 6.09 Å². The lowest BCUT2D eigenvalue weighted by Crippen LogP contribution is -2.45. The number of amides is 1. The van der Waals surface area contributed by atoms with E-state index in [2.05, 4.69) is 19.2 Å². The summed E-state index contributed by atoms with van der Waals surface area (Å²) in [5.41, 5.74) is -0.537. The third kappa shape index (κ3) is 5.62. The van der Waals surface area contributed by atoms with Gasteiger partial charge in [0, 0.05) is 0 Å². The molecule has 0 aliphatic heterocycles. The fraction of sp³-hybridized carbons (Fsp3) is 0.867. The highest BCUT2D eigenvalue weighted by Crippen LogP contribution is 2.34. The molecule has 0 aromatic rings. The summed E-state index contributed by atoms with van der Waals surface area (Å²) in [4.78, 5) is 23.0. The summed E-state index contributed by atoms with van der Waals surface area (Å²) in [6.07, 6.45) is 3.52. The van der Waals surface area contributed by atoms with Crippen LogP contribution in [0, 0.1) is 17.8 Å². The summed E-state index contributed by atoms with van der Waals surface area (Å²) in [5.74, 6) is 1.44. The maximum absolute atomic E-state index is 11.7. The summed E-state index contributed by atoms with van der Waals surface area (Å²) in [5, 5.41) is 2.70. The van der Waals surface area contributed by atoms with Gasteiger partial charge in [0.1, 0.15) is 11.9 Å². The fourth-order valence-electron chi connectivity index (χ4n) is 3.01. The number of carbonyl (C=O) groups is 2. The second kappa shape index (κ2) is 6.40. The molecule has 0 saturated heterocycles. The van der Waals surface area contributed by atoms with Crippen molar-refractivity contribution in [3.8, 4) is 0 Å². The molecular formula is C15H27NO3. The minimum Gasteiger partial charge on any atom is -0.444 e. The molecular weight excluding hydrogens is 242 g/mol. The molecule has 1 amide bonds. The third-order valence-electron chi connectivity index (χ3n) is 3.55. The smallest absolute Gasteiger partial charge is 0.408 e. The van der Waals surface area contributed by atoms with Crippen LogP contribution in [-0.4, -0.2) is 24.0 Å². The minimum atomic E-state index is -0.537. The summed E-state index contributed by atoms with van der Waals surface area (Å²) >= 11 is 0. The Balaban J connectivity index is 2.57. The number of nitrogens with one attached hydrogen (secondary N) is 1. The van der Waals surface area contributed by atoms with E-state index in [1.54, 1.807) is 0 Å². The SMILES string of the molecule is CC1CC(C)CC(C(C=O)NC(=O)OC(C)(C)C)C1. The zero-order valence-corrected chi connectivity index (χ0v) is 12.7. The maximum atomic E-state index is 11.7. The molecule has 3 atom stereocenters. The van der Waals surface area contributed by atoms with Crippen molar-refractivity contribution in [2.45, 2.75) is 65.5 Å². The number of hydrogen-bond acceptors (Lipinski definition) is 3. The van der Waals surface area contributed by atoms with Crippen LogP contribution in [0.15, 0.2) is 0 Å². The zero-order chi connectivity index (χ0) is 14.6. The summed E-state index contributed by atoms with van der Waals surface area (Å²) in [6.45, 7) is 9.85. The molecule has 1 aliphatic rings. The molecule has 1 saturated carbocycles. The van der Waals surface area contributed by atoms with E-state index in [0.717, 1.165) is 19.1 Å². The standard InChI is InChI=1S/C15H27NO3/c1-10-6-11(2)8-12(7-10)13(9-17)16-14(18)19-15(3,4)5/h9-13H,6-8H2,1-5H3,(H,16,18). The monoisotopic (exact) mass is 269 g/mol. The Hall–Kier alpha value is -1.06. The van der Waals surface area contributed by atoms with Gasteiger partial charge in [0.15, 0.2) is 0 Å². The van der Waals surface area contributed by atoms with E-state index in [-0.39, 0.29) is 5.92 Å². The number of ether oxygens (including phenoxy) is 1. The molecule has 3 unspecified atom stereocenters. The van der Waals surface area contributed by atoms with Crippen LogP contribution in [-0.2, 0) is 9.53 Å². The van der Waals surface area contributed by atoms with Crippen LogP contribution in [0.5, 0.6) is 0 Å². The second-order valence-corrected chi connectivity index (χ2v) is 6.99. The lowest BCUT2D eigenvalue weighted by Gasteiger charge is -2.34. The van der Waals surface area contributed by atoms with Crippen LogP contribution in [0.25, 0.3) is 0 Å². The van der Waals surface area contributed by atoms with E-state index >= 15 is 0 Å². The van der Waals surface area contributed by atoms with Crippen molar-refractivity contribution in [2.75, 3.05) is 0 Å². The van der Waals surface area contributed by atoms with Gasteiger partial charge in [-0.3, -0.25) is 0 Å². The van der Waals surface area contributed by atoms with E-state index in [9.17, 15) is 9.59 Å². The van der Waals surface area contributed by atoms with Crippen LogP contribution in [0.3, 0.4) is 0 Å². The van der Waals surface area contributed by atoms with Gasteiger partial charge in [-0.2, -0.15) is 0 Å². The Labute approximate surface area is 116 Å². The third-order valence-corrected chi connectivity index (χ3v) is 3.55. The Kier molecular flexibility index (Phi) is 5.39. The average molecular weight is 269 g/mol. The van der Waals surface area contributed by atoms with Crippen molar-refractivity contribution in [1.29, 1.82) is 0 Å². The van der Waals surface area contributed by atoms with Gasteiger partial charge in [0.2, 0.25) is 0 Å². The zero-order valence-electron chi connectivity index (χ0n) is 12.7. The molecule has 19 heavy (non-hydrogen) atoms. The Bertz CT molecular complexity index is 312. The number of rotatable bonds is 3. The molecule has 4 nitrogen and oxygen atoms in total. The summed E-state index contributed by atoms with van der Waals surface area (Å²) < 4.78 is 5.21. The summed E-state index contributed by atoms with van der Waals surface area (Å²) in [7, 11) is 0. The van der Waals surface area contributed by atoms with Gasteiger partial charge < -0.3 is 14.8 Å². The first-order valence-corrected chi connectivity index (χ1v) is 7.16. The van der Waals surface area contributed by atoms with E-state index in [4.69, 9.17) is 4.74 Å². The molecule has 1 fully saturated rings. The van der Waals surface area contributed by atoms with Crippen molar-refractivity contribution >= 4 is 12.4 Å². The van der Waals surface area contributed by atoms with Gasteiger partial charge in [-0.1, -0.05) is 13.8 Å². The lowest BCUT2D eigenvalue weighted by atomic mass is 9.74. The van der Waals surface area contributed by atoms with Crippen molar-refractivity contribution in [3.05, 3.63) is 0 Å². The first-order valence-electron chi connectivity index (χ1n) is 7.16. The van der Waals surface area contributed by atoms with Gasteiger partial charge in [0.05, 0.1) is 6.04 Å². The molecule has 0 spiro atoms. The average Bonchev–Trinajstić information content (AvgIpc) is 2.21. The molecule has 1 N–H and O–H groups in total. The number of alkyl carbamates (subject to hydrolysis) is 1. The highest BCUT2D eigenvalue weighted by atomic mass is 16.6. The van der Waals surface area contributed by atoms with Gasteiger partial charge in [-0.25, -0.2) is 4.79 Å². The Morgan fingerprint density at radius 2 is 1.74 bits per heavy atom. The van der Waals surface area contributed by atoms with Crippen LogP contribution in [0.2, 0.25) is 0 Å². The number of aldehydes is 1. The normalized spacial score (nSPS) is 29.4. The molecule has 4 heteroatoms. The van der Waals surface area contributed by atoms with E-state index in [1.807, 2.05) is 20.8 Å². The molecule has 0 heterocycles. The molecule has 0 aromatic heterocycles. The highest BCUT2D eigenvalue weighted by molar-refractivity contribution is 5.73. The fourth-order valence-corrected chi connectivity index (χ4v) is 3.01. The minimum absolute atomic E-state index is 0.226. The van der Waals surface area contributed by atoms with Crippen molar-refractivity contribution in [1.82, 2.24) is 5.32 Å². The highest BCUT2D eigenvalue weighted by Gasteiger charge is 2.31. The predicted molar refractivity (Wildman–Crippen MR) is 74.9 cm³/mol. The van der Waals surface area contributed by atoms with Crippen molar-refractivity contribution in [3.63, 3.8) is 0 Å². The van der Waals surface area contributed by atoms with Gasteiger partial charge in [0.25, 0.3) is 0 Å². The van der Waals surface area contributed by atoms with E-state index in [0.29, 0.717) is 11.8 Å². The lowest BCUT2D eigenvalue weighted by molar-refractivity contribution is -0.111. The number of hydrogen-bond donors (Lipinski definition) is 1. The van der Waals surface area contributed by atoms with Crippen LogP contribution in [0.4, 0.5) is 4.79 Å².